The van der Waals surface area contributed by atoms with Crippen molar-refractivity contribution in [3.05, 3.63) is 65.6 Å². The minimum atomic E-state index is -4.01. The van der Waals surface area contributed by atoms with Gasteiger partial charge in [-0.25, -0.2) is 0 Å². The zero-order valence-corrected chi connectivity index (χ0v) is 14.8. The first kappa shape index (κ1) is 18.5. The maximum Gasteiger partial charge on any atom is 0.284 e. The van der Waals surface area contributed by atoms with Gasteiger partial charge in [-0.2, -0.15) is 18.1 Å². The fourth-order valence-corrected chi connectivity index (χ4v) is 3.47. The van der Waals surface area contributed by atoms with E-state index < -0.39 is 10.0 Å². The van der Waals surface area contributed by atoms with Gasteiger partial charge in [-0.15, -0.1) is 0 Å². The van der Waals surface area contributed by atoms with Crippen LogP contribution in [0.1, 0.15) is 19.4 Å². The van der Waals surface area contributed by atoms with Gasteiger partial charge < -0.3 is 10.0 Å². The first-order valence-electron chi connectivity index (χ1n) is 7.79. The summed E-state index contributed by atoms with van der Waals surface area (Å²) in [5.74, 6) is -0.116. The first-order chi connectivity index (χ1) is 11.9. The molecule has 6 nitrogen and oxygen atoms in total. The molecule has 1 aliphatic carbocycles. The standard InChI is InChI=1S/C18H19N3O3S/c1-3-21(4-2)18(22)14-9-11-16(12-10-14)20-25(23,24)17-8-6-5-7-15(17)13-19/h5-12,22H,3-4H2,1-2H3/p-1. The second-order valence-corrected chi connectivity index (χ2v) is 6.77. The van der Waals surface area contributed by atoms with E-state index in [9.17, 15) is 13.5 Å². The van der Waals surface area contributed by atoms with Crippen LogP contribution in [-0.2, 0) is 10.0 Å². The molecule has 7 heteroatoms. The second kappa shape index (κ2) is 7.81. The van der Waals surface area contributed by atoms with Gasteiger partial charge in [-0.1, -0.05) is 24.3 Å². The predicted molar refractivity (Wildman–Crippen MR) is 94.0 cm³/mol. The van der Waals surface area contributed by atoms with E-state index in [1.165, 1.54) is 30.4 Å². The van der Waals surface area contributed by atoms with E-state index in [-0.39, 0.29) is 22.1 Å². The molecule has 0 unspecified atom stereocenters. The third kappa shape index (κ3) is 4.17. The van der Waals surface area contributed by atoms with Crippen LogP contribution in [0, 0.1) is 11.3 Å². The van der Waals surface area contributed by atoms with Gasteiger partial charge in [0.1, 0.15) is 11.0 Å². The van der Waals surface area contributed by atoms with Crippen LogP contribution in [0.3, 0.4) is 0 Å². The van der Waals surface area contributed by atoms with Gasteiger partial charge in [0.2, 0.25) is 0 Å². The lowest BCUT2D eigenvalue weighted by Gasteiger charge is -2.30. The largest absolute Gasteiger partial charge is 0.860 e. The molecule has 0 amide bonds. The smallest absolute Gasteiger partial charge is 0.284 e. The van der Waals surface area contributed by atoms with Crippen molar-refractivity contribution in [1.82, 2.24) is 4.90 Å². The molecule has 0 saturated carbocycles. The van der Waals surface area contributed by atoms with E-state index in [1.807, 2.05) is 19.9 Å². The highest BCUT2D eigenvalue weighted by Crippen LogP contribution is 2.19. The summed E-state index contributed by atoms with van der Waals surface area (Å²) in [6.45, 7) is 4.98. The van der Waals surface area contributed by atoms with Crippen molar-refractivity contribution in [3.8, 4) is 6.07 Å². The Morgan fingerprint density at radius 2 is 1.76 bits per heavy atom. The molecule has 0 radical (unpaired) electrons. The van der Waals surface area contributed by atoms with Crippen LogP contribution in [-0.4, -0.2) is 32.1 Å². The maximum atomic E-state index is 12.4. The average Bonchev–Trinajstić information content (AvgIpc) is 2.63. The van der Waals surface area contributed by atoms with Gasteiger partial charge in [-0.3, -0.25) is 0 Å². The number of hydrogen-bond acceptors (Lipinski definition) is 5. The van der Waals surface area contributed by atoms with Crippen LogP contribution in [0.5, 0.6) is 0 Å². The molecule has 2 rings (SSSR count). The van der Waals surface area contributed by atoms with Crippen LogP contribution < -0.4 is 5.11 Å². The summed E-state index contributed by atoms with van der Waals surface area (Å²) in [4.78, 5) is 1.53. The maximum absolute atomic E-state index is 12.4. The van der Waals surface area contributed by atoms with Crippen molar-refractivity contribution < 1.29 is 13.5 Å². The van der Waals surface area contributed by atoms with Gasteiger partial charge in [0.15, 0.2) is 0 Å². The van der Waals surface area contributed by atoms with E-state index in [0.29, 0.717) is 18.7 Å². The molecule has 0 atom stereocenters. The summed E-state index contributed by atoms with van der Waals surface area (Å²) < 4.78 is 28.6. The summed E-state index contributed by atoms with van der Waals surface area (Å²) in [6.07, 6.45) is 6.04. The molecular formula is C18H18N3O3S-. The summed E-state index contributed by atoms with van der Waals surface area (Å²) in [5.41, 5.74) is 0.709. The Balaban J connectivity index is 2.34. The van der Waals surface area contributed by atoms with Crippen LogP contribution in [0.4, 0.5) is 0 Å². The van der Waals surface area contributed by atoms with Crippen LogP contribution >= 0.6 is 0 Å². The highest BCUT2D eigenvalue weighted by atomic mass is 32.2. The van der Waals surface area contributed by atoms with Crippen molar-refractivity contribution in [2.75, 3.05) is 13.1 Å². The molecule has 0 saturated heterocycles. The normalized spacial score (nSPS) is 13.5. The molecule has 0 fully saturated rings. The fourth-order valence-electron chi connectivity index (χ4n) is 2.33. The molecule has 1 aliphatic rings. The molecule has 130 valence electrons. The van der Waals surface area contributed by atoms with E-state index >= 15 is 0 Å². The molecule has 1 aromatic carbocycles. The molecule has 0 bridgehead atoms. The topological polar surface area (TPSA) is 96.6 Å². The van der Waals surface area contributed by atoms with E-state index in [0.717, 1.165) is 0 Å². The minimum Gasteiger partial charge on any atom is -0.860 e. The molecule has 0 N–H and O–H groups in total. The highest BCUT2D eigenvalue weighted by Gasteiger charge is 2.18. The van der Waals surface area contributed by atoms with Gasteiger partial charge in [0, 0.05) is 13.1 Å². The SMILES string of the molecule is CCN(CC)C([O-])=C1C=CC(=NS(=O)(=O)c2ccccc2C#N)C=C1. The van der Waals surface area contributed by atoms with Crippen LogP contribution in [0.25, 0.3) is 0 Å². The first-order valence-corrected chi connectivity index (χ1v) is 9.23. The Labute approximate surface area is 147 Å². The molecule has 0 aliphatic heterocycles. The number of rotatable bonds is 5. The molecule has 0 heterocycles. The lowest BCUT2D eigenvalue weighted by Crippen LogP contribution is -2.31. The zero-order chi connectivity index (χ0) is 18.4. The Morgan fingerprint density at radius 3 is 2.32 bits per heavy atom. The van der Waals surface area contributed by atoms with Gasteiger partial charge in [0.25, 0.3) is 10.0 Å². The second-order valence-electron chi connectivity index (χ2n) is 5.20. The van der Waals surface area contributed by atoms with E-state index in [1.54, 1.807) is 23.1 Å². The predicted octanol–water partition coefficient (Wildman–Crippen LogP) is 1.73. The average molecular weight is 356 g/mol. The Kier molecular flexibility index (Phi) is 5.78. The van der Waals surface area contributed by atoms with Crippen molar-refractivity contribution in [3.63, 3.8) is 0 Å². The van der Waals surface area contributed by atoms with Crippen LogP contribution in [0.15, 0.2) is 69.3 Å². The highest BCUT2D eigenvalue weighted by molar-refractivity contribution is 7.90. The lowest BCUT2D eigenvalue weighted by molar-refractivity contribution is -0.333. The number of allylic oxidation sites excluding steroid dienone is 5. The number of sulfonamides is 1. The molecule has 25 heavy (non-hydrogen) atoms. The molecule has 0 spiro atoms. The quantitative estimate of drug-likeness (QED) is 0.749. The Bertz CT molecular complexity index is 897. The number of nitriles is 1. The van der Waals surface area contributed by atoms with Gasteiger partial charge in [0.05, 0.1) is 11.3 Å². The summed E-state index contributed by atoms with van der Waals surface area (Å²) in [7, 11) is -4.01. The number of hydrogen-bond donors (Lipinski definition) is 0. The van der Waals surface area contributed by atoms with Crippen molar-refractivity contribution in [2.45, 2.75) is 18.7 Å². The van der Waals surface area contributed by atoms with Crippen molar-refractivity contribution in [1.29, 1.82) is 5.26 Å². The zero-order valence-electron chi connectivity index (χ0n) is 14.0. The Hall–Kier alpha value is -2.85. The fraction of sp³-hybridized carbons (Fsp3) is 0.222. The monoisotopic (exact) mass is 356 g/mol. The lowest BCUT2D eigenvalue weighted by atomic mass is 10.1. The van der Waals surface area contributed by atoms with Crippen LogP contribution in [0.2, 0.25) is 0 Å². The number of nitrogens with zero attached hydrogens (tertiary/aromatic N) is 3. The van der Waals surface area contributed by atoms with Crippen molar-refractivity contribution >= 4 is 15.7 Å². The van der Waals surface area contributed by atoms with Gasteiger partial charge in [-0.05, 0) is 49.6 Å². The van der Waals surface area contributed by atoms with Crippen molar-refractivity contribution in [2.24, 2.45) is 4.40 Å². The summed E-state index contributed by atoms with van der Waals surface area (Å²) in [5, 5.41) is 21.3. The van der Waals surface area contributed by atoms with E-state index in [2.05, 4.69) is 4.40 Å². The third-order valence-electron chi connectivity index (χ3n) is 3.68. The molecule has 0 aromatic heterocycles. The van der Waals surface area contributed by atoms with Gasteiger partial charge >= 0.3 is 0 Å². The minimum absolute atomic E-state index is 0.0413. The third-order valence-corrected chi connectivity index (χ3v) is 5.04. The Morgan fingerprint density at radius 1 is 1.16 bits per heavy atom. The summed E-state index contributed by atoms with van der Waals surface area (Å²) in [6, 6.07) is 7.74. The molecular weight excluding hydrogens is 338 g/mol. The van der Waals surface area contributed by atoms with E-state index in [4.69, 9.17) is 5.26 Å². The molecule has 1 aromatic rings. The summed E-state index contributed by atoms with van der Waals surface area (Å²) >= 11 is 0. The number of benzene rings is 1.